The number of carbonyl (C=O) groups excluding carboxylic acids is 2. The second kappa shape index (κ2) is 5.56. The number of nitrogens with zero attached hydrogens (tertiary/aromatic N) is 1. The van der Waals surface area contributed by atoms with E-state index in [1.807, 2.05) is 0 Å². The van der Waals surface area contributed by atoms with Gasteiger partial charge in [0.1, 0.15) is 5.37 Å². The fourth-order valence-electron chi connectivity index (χ4n) is 1.96. The highest BCUT2D eigenvalue weighted by molar-refractivity contribution is 7.99. The molecule has 0 aromatic carbocycles. The molecule has 1 N–H and O–H groups in total. The first kappa shape index (κ1) is 14.8. The number of carboxylic acids is 1. The van der Waals surface area contributed by atoms with E-state index in [9.17, 15) is 14.4 Å². The number of carbonyl (C=O) groups is 3. The number of hydrogen-bond acceptors (Lipinski definition) is 4. The molecule has 6 heteroatoms. The van der Waals surface area contributed by atoms with Gasteiger partial charge in [0.25, 0.3) is 5.91 Å². The molecule has 1 aliphatic rings. The van der Waals surface area contributed by atoms with E-state index < -0.39 is 12.4 Å². The quantitative estimate of drug-likeness (QED) is 0.811. The first-order valence-corrected chi connectivity index (χ1v) is 6.89. The van der Waals surface area contributed by atoms with E-state index in [0.29, 0.717) is 5.57 Å². The van der Waals surface area contributed by atoms with E-state index in [1.54, 1.807) is 27.2 Å². The normalized spacial score (nSPS) is 19.9. The van der Waals surface area contributed by atoms with Crippen molar-refractivity contribution in [3.05, 3.63) is 11.1 Å². The van der Waals surface area contributed by atoms with E-state index in [0.717, 1.165) is 0 Å². The van der Waals surface area contributed by atoms with Crippen molar-refractivity contribution in [2.45, 2.75) is 25.6 Å². The Morgan fingerprint density at radius 2 is 2.00 bits per heavy atom. The minimum absolute atomic E-state index is 0.128. The molecule has 0 aliphatic carbocycles. The molecule has 0 bridgehead atoms. The summed E-state index contributed by atoms with van der Waals surface area (Å²) in [5.41, 5.74) is 0.482. The third-order valence-corrected chi connectivity index (χ3v) is 3.84. The van der Waals surface area contributed by atoms with Gasteiger partial charge in [-0.2, -0.15) is 0 Å². The number of aliphatic carboxylic acids is 1. The monoisotopic (exact) mass is 271 g/mol. The maximum Gasteiger partial charge on any atom is 0.308 e. The van der Waals surface area contributed by atoms with Crippen molar-refractivity contribution in [3.8, 4) is 0 Å². The molecule has 0 unspecified atom stereocenters. The maximum atomic E-state index is 12.2. The Kier molecular flexibility index (Phi) is 4.56. The number of thioether (sulfide) groups is 1. The van der Waals surface area contributed by atoms with Crippen LogP contribution in [0.4, 0.5) is 0 Å². The van der Waals surface area contributed by atoms with Gasteiger partial charge in [-0.1, -0.05) is 13.8 Å². The van der Waals surface area contributed by atoms with Gasteiger partial charge in [0.15, 0.2) is 5.78 Å². The van der Waals surface area contributed by atoms with Gasteiger partial charge in [0, 0.05) is 24.1 Å². The van der Waals surface area contributed by atoms with Gasteiger partial charge in [-0.25, -0.2) is 0 Å². The van der Waals surface area contributed by atoms with Crippen LogP contribution >= 0.6 is 11.8 Å². The smallest absolute Gasteiger partial charge is 0.308 e. The Balaban J connectivity index is 3.28. The van der Waals surface area contributed by atoms with Gasteiger partial charge >= 0.3 is 5.97 Å². The molecular weight excluding hydrogens is 254 g/mol. The summed E-state index contributed by atoms with van der Waals surface area (Å²) in [7, 11) is 1.59. The molecule has 0 radical (unpaired) electrons. The highest BCUT2D eigenvalue weighted by atomic mass is 32.2. The molecule has 0 saturated carbocycles. The molecule has 1 amide bonds. The maximum absolute atomic E-state index is 12.2. The summed E-state index contributed by atoms with van der Waals surface area (Å²) in [6.07, 6.45) is 1.40. The zero-order chi connectivity index (χ0) is 14.0. The molecule has 0 aromatic rings. The van der Waals surface area contributed by atoms with E-state index in [4.69, 9.17) is 5.11 Å². The van der Waals surface area contributed by atoms with Crippen LogP contribution in [-0.2, 0) is 14.4 Å². The molecule has 100 valence electrons. The zero-order valence-electron chi connectivity index (χ0n) is 10.9. The Hall–Kier alpha value is -1.30. The summed E-state index contributed by atoms with van der Waals surface area (Å²) >= 11 is 1.36. The summed E-state index contributed by atoms with van der Waals surface area (Å²) in [5, 5.41) is 8.48. The van der Waals surface area contributed by atoms with Gasteiger partial charge in [-0.3, -0.25) is 14.4 Å². The standard InChI is InChI=1S/C12H17NO4S/c1-6(2)10(16)9-7(5-8(14)15)11(17)13(3)12(9)18-4/h6,12H,5H2,1-4H3,(H,14,15)/t12-/m1/s1. The van der Waals surface area contributed by atoms with Crippen molar-refractivity contribution < 1.29 is 19.5 Å². The van der Waals surface area contributed by atoms with Crippen LogP contribution in [-0.4, -0.2) is 46.3 Å². The van der Waals surface area contributed by atoms with Gasteiger partial charge in [-0.05, 0) is 6.26 Å². The van der Waals surface area contributed by atoms with Crippen LogP contribution in [0.1, 0.15) is 20.3 Å². The third kappa shape index (κ3) is 2.58. The highest BCUT2D eigenvalue weighted by Crippen LogP contribution is 2.34. The Labute approximate surface area is 110 Å². The molecule has 0 saturated heterocycles. The average molecular weight is 271 g/mol. The van der Waals surface area contributed by atoms with Crippen molar-refractivity contribution in [1.82, 2.24) is 4.90 Å². The van der Waals surface area contributed by atoms with E-state index in [1.165, 1.54) is 16.7 Å². The van der Waals surface area contributed by atoms with Crippen molar-refractivity contribution in [2.24, 2.45) is 5.92 Å². The van der Waals surface area contributed by atoms with Crippen LogP contribution in [0.25, 0.3) is 0 Å². The van der Waals surface area contributed by atoms with E-state index >= 15 is 0 Å². The number of carboxylic acid groups (broad SMARTS) is 1. The Morgan fingerprint density at radius 1 is 1.44 bits per heavy atom. The summed E-state index contributed by atoms with van der Waals surface area (Å²) in [6.45, 7) is 3.49. The summed E-state index contributed by atoms with van der Waals surface area (Å²) in [4.78, 5) is 36.4. The second-order valence-corrected chi connectivity index (χ2v) is 5.40. The SMILES string of the molecule is CS[C@@H]1C(C(=O)C(C)C)=C(CC(=O)O)C(=O)N1C. The Morgan fingerprint density at radius 3 is 2.39 bits per heavy atom. The fourth-order valence-corrected chi connectivity index (χ4v) is 2.86. The molecule has 1 heterocycles. The van der Waals surface area contributed by atoms with E-state index in [2.05, 4.69) is 0 Å². The first-order valence-electron chi connectivity index (χ1n) is 5.60. The van der Waals surface area contributed by atoms with Crippen molar-refractivity contribution >= 4 is 29.4 Å². The lowest BCUT2D eigenvalue weighted by atomic mass is 9.96. The van der Waals surface area contributed by atoms with Gasteiger partial charge in [0.2, 0.25) is 0 Å². The lowest BCUT2D eigenvalue weighted by molar-refractivity contribution is -0.137. The minimum atomic E-state index is -1.09. The zero-order valence-corrected chi connectivity index (χ0v) is 11.7. The highest BCUT2D eigenvalue weighted by Gasteiger charge is 2.40. The molecule has 5 nitrogen and oxygen atoms in total. The largest absolute Gasteiger partial charge is 0.481 e. The number of ketones is 1. The lowest BCUT2D eigenvalue weighted by Gasteiger charge is -2.21. The van der Waals surface area contributed by atoms with Gasteiger partial charge in [0.05, 0.1) is 6.42 Å². The van der Waals surface area contributed by atoms with Gasteiger partial charge < -0.3 is 10.0 Å². The first-order chi connectivity index (χ1) is 8.31. The molecule has 18 heavy (non-hydrogen) atoms. The Bertz CT molecular complexity index is 428. The lowest BCUT2D eigenvalue weighted by Crippen LogP contribution is -2.31. The average Bonchev–Trinajstić information content (AvgIpc) is 2.51. The predicted octanol–water partition coefficient (Wildman–Crippen LogP) is 1.14. The number of Topliss-reactive ketones (excluding diaryl/α,β-unsaturated/α-hetero) is 1. The van der Waals surface area contributed by atoms with Crippen molar-refractivity contribution in [1.29, 1.82) is 0 Å². The fraction of sp³-hybridized carbons (Fsp3) is 0.583. The van der Waals surface area contributed by atoms with Crippen LogP contribution in [0.15, 0.2) is 11.1 Å². The van der Waals surface area contributed by atoms with Crippen molar-refractivity contribution in [3.63, 3.8) is 0 Å². The molecular formula is C12H17NO4S. The summed E-state index contributed by atoms with van der Waals surface area (Å²) < 4.78 is 0. The number of hydrogen-bond donors (Lipinski definition) is 1. The molecule has 1 aliphatic heterocycles. The minimum Gasteiger partial charge on any atom is -0.481 e. The van der Waals surface area contributed by atoms with Crippen LogP contribution < -0.4 is 0 Å². The molecule has 1 rings (SSSR count). The predicted molar refractivity (Wildman–Crippen MR) is 69.2 cm³/mol. The van der Waals surface area contributed by atoms with Crippen LogP contribution in [0.2, 0.25) is 0 Å². The summed E-state index contributed by atoms with van der Waals surface area (Å²) in [6, 6.07) is 0. The van der Waals surface area contributed by atoms with Gasteiger partial charge in [-0.15, -0.1) is 11.8 Å². The molecule has 0 fully saturated rings. The number of rotatable bonds is 5. The van der Waals surface area contributed by atoms with Crippen molar-refractivity contribution in [2.75, 3.05) is 13.3 Å². The summed E-state index contributed by atoms with van der Waals surface area (Å²) in [5.74, 6) is -1.86. The molecule has 0 spiro atoms. The van der Waals surface area contributed by atoms with E-state index in [-0.39, 0.29) is 28.6 Å². The molecule has 1 atom stereocenters. The second-order valence-electron chi connectivity index (χ2n) is 4.49. The van der Waals surface area contributed by atoms with Crippen LogP contribution in [0.3, 0.4) is 0 Å². The van der Waals surface area contributed by atoms with Crippen LogP contribution in [0, 0.1) is 5.92 Å². The number of likely N-dealkylation sites (N-methyl/N-ethyl adjacent to an activating group) is 1. The number of amides is 1. The van der Waals surface area contributed by atoms with Crippen LogP contribution in [0.5, 0.6) is 0 Å². The third-order valence-electron chi connectivity index (χ3n) is 2.84. The molecule has 0 aromatic heterocycles. The topological polar surface area (TPSA) is 74.7 Å².